The molecule has 2 heterocycles. The number of benzene rings is 2. The van der Waals surface area contributed by atoms with Crippen LogP contribution in [0.1, 0.15) is 10.4 Å². The van der Waals surface area contributed by atoms with Crippen LogP contribution in [0.5, 0.6) is 5.75 Å². The van der Waals surface area contributed by atoms with E-state index in [2.05, 4.69) is 15.6 Å². The van der Waals surface area contributed by atoms with Crippen molar-refractivity contribution in [2.75, 3.05) is 17.7 Å². The average Bonchev–Trinajstić information content (AvgIpc) is 3.25. The first-order valence-electron chi connectivity index (χ1n) is 10.2. The van der Waals surface area contributed by atoms with Crippen LogP contribution in [0.3, 0.4) is 0 Å². The number of imidazole rings is 1. The summed E-state index contributed by atoms with van der Waals surface area (Å²) in [6.45, 7) is -0.240. The molecule has 2 aromatic carbocycles. The smallest absolute Gasteiger partial charge is 0.332 e. The van der Waals surface area contributed by atoms with Gasteiger partial charge in [-0.15, -0.1) is 0 Å². The molecular weight excluding hydrogens is 440 g/mol. The van der Waals surface area contributed by atoms with Crippen molar-refractivity contribution in [1.29, 1.82) is 0 Å². The number of aryl methyl sites for hydroxylation is 1. The first-order valence-corrected chi connectivity index (χ1v) is 10.2. The molecule has 11 heteroatoms. The molecule has 2 aromatic heterocycles. The number of ether oxygens (including phenoxy) is 1. The van der Waals surface area contributed by atoms with Crippen LogP contribution in [0.25, 0.3) is 11.2 Å². The van der Waals surface area contributed by atoms with Crippen molar-refractivity contribution in [2.45, 2.75) is 6.54 Å². The van der Waals surface area contributed by atoms with Crippen LogP contribution in [0, 0.1) is 0 Å². The van der Waals surface area contributed by atoms with Gasteiger partial charge < -0.3 is 19.9 Å². The van der Waals surface area contributed by atoms with Gasteiger partial charge in [-0.3, -0.25) is 23.5 Å². The van der Waals surface area contributed by atoms with Gasteiger partial charge >= 0.3 is 5.69 Å². The van der Waals surface area contributed by atoms with Crippen LogP contribution in [0.15, 0.2) is 64.4 Å². The minimum Gasteiger partial charge on any atom is -0.497 e. The number of hydrogen-bond acceptors (Lipinski definition) is 6. The van der Waals surface area contributed by atoms with E-state index in [1.54, 1.807) is 48.5 Å². The molecule has 0 aliphatic heterocycles. The second-order valence-electron chi connectivity index (χ2n) is 7.53. The van der Waals surface area contributed by atoms with Crippen LogP contribution in [0.4, 0.5) is 11.4 Å². The predicted molar refractivity (Wildman–Crippen MR) is 126 cm³/mol. The van der Waals surface area contributed by atoms with Crippen molar-refractivity contribution in [2.24, 2.45) is 14.1 Å². The van der Waals surface area contributed by atoms with Crippen LogP contribution in [0.2, 0.25) is 0 Å². The Kier molecular flexibility index (Phi) is 6.00. The lowest BCUT2D eigenvalue weighted by Crippen LogP contribution is -2.37. The Morgan fingerprint density at radius 3 is 2.53 bits per heavy atom. The standard InChI is InChI=1S/C23H22N6O5/c1-27-20-19(22(32)28(2)23(27)33)29(13-24-20)12-18(30)26-17-10-5-4-9-16(17)21(31)25-14-7-6-8-15(11-14)34-3/h4-11,13H,12H2,1-3H3,(H,25,31)(H,26,30). The lowest BCUT2D eigenvalue weighted by Gasteiger charge is -2.12. The number of rotatable bonds is 6. The minimum atomic E-state index is -0.554. The number of nitrogens with one attached hydrogen (secondary N) is 2. The molecule has 0 aliphatic rings. The molecule has 34 heavy (non-hydrogen) atoms. The molecule has 0 saturated carbocycles. The van der Waals surface area contributed by atoms with E-state index < -0.39 is 23.1 Å². The van der Waals surface area contributed by atoms with Gasteiger partial charge in [0.15, 0.2) is 11.2 Å². The Bertz CT molecular complexity index is 1530. The highest BCUT2D eigenvalue weighted by Crippen LogP contribution is 2.20. The number of carbonyl (C=O) groups excluding carboxylic acids is 2. The summed E-state index contributed by atoms with van der Waals surface area (Å²) >= 11 is 0. The van der Waals surface area contributed by atoms with Crippen LogP contribution in [-0.2, 0) is 25.4 Å². The summed E-state index contributed by atoms with van der Waals surface area (Å²) in [6.07, 6.45) is 1.33. The monoisotopic (exact) mass is 462 g/mol. The summed E-state index contributed by atoms with van der Waals surface area (Å²) in [4.78, 5) is 54.5. The van der Waals surface area contributed by atoms with E-state index in [4.69, 9.17) is 4.74 Å². The van der Waals surface area contributed by atoms with Crippen LogP contribution < -0.4 is 26.6 Å². The van der Waals surface area contributed by atoms with E-state index >= 15 is 0 Å². The molecule has 0 atom stereocenters. The van der Waals surface area contributed by atoms with Gasteiger partial charge in [0, 0.05) is 25.8 Å². The second kappa shape index (κ2) is 9.06. The quantitative estimate of drug-likeness (QED) is 0.445. The van der Waals surface area contributed by atoms with Gasteiger partial charge in [0.05, 0.1) is 24.7 Å². The lowest BCUT2D eigenvalue weighted by atomic mass is 10.1. The Labute approximate surface area is 193 Å². The van der Waals surface area contributed by atoms with Crippen molar-refractivity contribution < 1.29 is 14.3 Å². The molecule has 4 rings (SSSR count). The van der Waals surface area contributed by atoms with E-state index in [1.165, 1.54) is 36.7 Å². The first kappa shape index (κ1) is 22.5. The third-order valence-electron chi connectivity index (χ3n) is 5.30. The van der Waals surface area contributed by atoms with Crippen LogP contribution >= 0.6 is 0 Å². The second-order valence-corrected chi connectivity index (χ2v) is 7.53. The summed E-state index contributed by atoms with van der Waals surface area (Å²) in [5.74, 6) is -0.298. The molecule has 0 aliphatic carbocycles. The minimum absolute atomic E-state index is 0.129. The first-order chi connectivity index (χ1) is 16.3. The molecule has 174 valence electrons. The van der Waals surface area contributed by atoms with Crippen molar-refractivity contribution in [1.82, 2.24) is 18.7 Å². The van der Waals surface area contributed by atoms with E-state index in [9.17, 15) is 19.2 Å². The molecule has 0 spiro atoms. The fourth-order valence-corrected chi connectivity index (χ4v) is 3.55. The number of methoxy groups -OCH3 is 1. The maximum absolute atomic E-state index is 12.9. The number of hydrogen-bond donors (Lipinski definition) is 2. The van der Waals surface area contributed by atoms with E-state index in [0.29, 0.717) is 17.1 Å². The zero-order valence-corrected chi connectivity index (χ0v) is 18.7. The molecule has 0 unspecified atom stereocenters. The van der Waals surface area contributed by atoms with E-state index in [-0.39, 0.29) is 23.3 Å². The average molecular weight is 462 g/mol. The van der Waals surface area contributed by atoms with Gasteiger partial charge in [-0.2, -0.15) is 0 Å². The third-order valence-corrected chi connectivity index (χ3v) is 5.30. The van der Waals surface area contributed by atoms with Crippen molar-refractivity contribution in [3.63, 3.8) is 0 Å². The SMILES string of the molecule is COc1cccc(NC(=O)c2ccccc2NC(=O)Cn2cnc3c2c(=O)n(C)c(=O)n3C)c1. The molecule has 0 fully saturated rings. The number of carbonyl (C=O) groups is 2. The molecule has 0 bridgehead atoms. The fourth-order valence-electron chi connectivity index (χ4n) is 3.55. The maximum atomic E-state index is 12.9. The van der Waals surface area contributed by atoms with Gasteiger partial charge in [-0.25, -0.2) is 9.78 Å². The Balaban J connectivity index is 1.56. The van der Waals surface area contributed by atoms with Gasteiger partial charge in [-0.1, -0.05) is 18.2 Å². The predicted octanol–water partition coefficient (Wildman–Crippen LogP) is 1.33. The molecule has 2 N–H and O–H groups in total. The van der Waals surface area contributed by atoms with Gasteiger partial charge in [0.1, 0.15) is 12.3 Å². The lowest BCUT2D eigenvalue weighted by molar-refractivity contribution is -0.116. The zero-order chi connectivity index (χ0) is 24.4. The number of fused-ring (bicyclic) bond motifs is 1. The summed E-state index contributed by atoms with van der Waals surface area (Å²) in [6, 6.07) is 13.5. The Morgan fingerprint density at radius 1 is 1.00 bits per heavy atom. The molecular formula is C23H22N6O5. The highest BCUT2D eigenvalue weighted by molar-refractivity contribution is 6.10. The molecule has 2 amide bonds. The highest BCUT2D eigenvalue weighted by Gasteiger charge is 2.18. The number of aromatic nitrogens is 4. The third kappa shape index (κ3) is 4.18. The number of para-hydroxylation sites is 1. The molecule has 11 nitrogen and oxygen atoms in total. The maximum Gasteiger partial charge on any atom is 0.332 e. The number of amides is 2. The Hall–Kier alpha value is -4.67. The van der Waals surface area contributed by atoms with Gasteiger partial charge in [0.25, 0.3) is 11.5 Å². The van der Waals surface area contributed by atoms with E-state index in [0.717, 1.165) is 4.57 Å². The van der Waals surface area contributed by atoms with E-state index in [1.807, 2.05) is 0 Å². The largest absolute Gasteiger partial charge is 0.497 e. The Morgan fingerprint density at radius 2 is 1.76 bits per heavy atom. The van der Waals surface area contributed by atoms with Crippen molar-refractivity contribution in [3.8, 4) is 5.75 Å². The fraction of sp³-hybridized carbons (Fsp3) is 0.174. The zero-order valence-electron chi connectivity index (χ0n) is 18.7. The normalized spacial score (nSPS) is 10.8. The summed E-state index contributed by atoms with van der Waals surface area (Å²) in [7, 11) is 4.39. The topological polar surface area (TPSA) is 129 Å². The number of nitrogens with zero attached hydrogens (tertiary/aromatic N) is 4. The van der Waals surface area contributed by atoms with Gasteiger partial charge in [-0.05, 0) is 24.3 Å². The molecule has 0 saturated heterocycles. The van der Waals surface area contributed by atoms with Crippen molar-refractivity contribution >= 4 is 34.4 Å². The molecule has 0 radical (unpaired) electrons. The highest BCUT2D eigenvalue weighted by atomic mass is 16.5. The van der Waals surface area contributed by atoms with Crippen LogP contribution in [-0.4, -0.2) is 37.6 Å². The summed E-state index contributed by atoms with van der Waals surface area (Å²) < 4.78 is 8.73. The summed E-state index contributed by atoms with van der Waals surface area (Å²) in [5.41, 5.74) is 0.342. The van der Waals surface area contributed by atoms with Crippen molar-refractivity contribution in [3.05, 3.63) is 81.3 Å². The number of anilines is 2. The summed E-state index contributed by atoms with van der Waals surface area (Å²) in [5, 5.41) is 5.49. The molecule has 4 aromatic rings. The van der Waals surface area contributed by atoms with Gasteiger partial charge in [0.2, 0.25) is 5.91 Å².